The van der Waals surface area contributed by atoms with E-state index in [0.717, 1.165) is 0 Å². The Morgan fingerprint density at radius 3 is 2.14 bits per heavy atom. The lowest BCUT2D eigenvalue weighted by atomic mass is 10.1. The zero-order valence-corrected chi connectivity index (χ0v) is 12.6. The van der Waals surface area contributed by atoms with E-state index in [4.69, 9.17) is 9.84 Å². The topological polar surface area (TPSA) is 108 Å². The molecule has 3 amide bonds. The first kappa shape index (κ1) is 17.2. The Labute approximate surface area is 123 Å². The third-order valence-corrected chi connectivity index (χ3v) is 3.26. The standard InChI is InChI=1S/C13H23N3O5/c1-8(2)10(12(18)19)15-13(20)14-9(3)11(17)16-4-6-21-7-5-16/h8-10H,4-7H2,1-3H3,(H,18,19)(H2,14,15,20)/t9?,10-/m1/s1. The minimum Gasteiger partial charge on any atom is -0.480 e. The van der Waals surface area contributed by atoms with E-state index in [1.165, 1.54) is 0 Å². The molecule has 1 unspecified atom stereocenters. The molecule has 1 aliphatic rings. The van der Waals surface area contributed by atoms with Crippen molar-refractivity contribution in [3.63, 3.8) is 0 Å². The van der Waals surface area contributed by atoms with Crippen molar-refractivity contribution in [1.29, 1.82) is 0 Å². The normalized spacial score (nSPS) is 18.0. The number of urea groups is 1. The van der Waals surface area contributed by atoms with Crippen molar-refractivity contribution in [2.45, 2.75) is 32.9 Å². The maximum atomic E-state index is 12.1. The number of nitrogens with one attached hydrogen (secondary N) is 2. The molecular weight excluding hydrogens is 278 g/mol. The van der Waals surface area contributed by atoms with Crippen LogP contribution in [-0.2, 0) is 14.3 Å². The van der Waals surface area contributed by atoms with Gasteiger partial charge in [-0.05, 0) is 12.8 Å². The van der Waals surface area contributed by atoms with E-state index in [1.54, 1.807) is 25.7 Å². The van der Waals surface area contributed by atoms with Crippen LogP contribution in [0.25, 0.3) is 0 Å². The van der Waals surface area contributed by atoms with Gasteiger partial charge in [-0.1, -0.05) is 13.8 Å². The third-order valence-electron chi connectivity index (χ3n) is 3.26. The molecule has 0 radical (unpaired) electrons. The van der Waals surface area contributed by atoms with Crippen LogP contribution in [0, 0.1) is 5.92 Å². The lowest BCUT2D eigenvalue weighted by Crippen LogP contribution is -2.55. The monoisotopic (exact) mass is 301 g/mol. The molecule has 120 valence electrons. The SMILES string of the molecule is CC(NC(=O)N[C@@H](C(=O)O)C(C)C)C(=O)N1CCOCC1. The van der Waals surface area contributed by atoms with Crippen LogP contribution in [0.4, 0.5) is 4.79 Å². The average Bonchev–Trinajstić information content (AvgIpc) is 2.44. The third kappa shape index (κ3) is 5.22. The van der Waals surface area contributed by atoms with Crippen molar-refractivity contribution in [1.82, 2.24) is 15.5 Å². The number of hydrogen-bond donors (Lipinski definition) is 3. The molecule has 0 saturated carbocycles. The van der Waals surface area contributed by atoms with E-state index < -0.39 is 24.1 Å². The summed E-state index contributed by atoms with van der Waals surface area (Å²) in [4.78, 5) is 36.5. The first-order chi connectivity index (χ1) is 9.82. The van der Waals surface area contributed by atoms with Gasteiger partial charge in [0.05, 0.1) is 13.2 Å². The fourth-order valence-electron chi connectivity index (χ4n) is 2.01. The molecule has 1 heterocycles. The van der Waals surface area contributed by atoms with Crippen LogP contribution in [0.5, 0.6) is 0 Å². The van der Waals surface area contributed by atoms with Crippen molar-refractivity contribution < 1.29 is 24.2 Å². The molecule has 8 heteroatoms. The van der Waals surface area contributed by atoms with Crippen molar-refractivity contribution in [3.8, 4) is 0 Å². The van der Waals surface area contributed by atoms with Crippen LogP contribution in [0.3, 0.4) is 0 Å². The Balaban J connectivity index is 2.49. The minimum atomic E-state index is -1.10. The van der Waals surface area contributed by atoms with Crippen LogP contribution in [0.1, 0.15) is 20.8 Å². The van der Waals surface area contributed by atoms with Crippen LogP contribution in [0.15, 0.2) is 0 Å². The number of hydrogen-bond acceptors (Lipinski definition) is 4. The smallest absolute Gasteiger partial charge is 0.326 e. The van der Waals surface area contributed by atoms with Gasteiger partial charge < -0.3 is 25.4 Å². The molecule has 21 heavy (non-hydrogen) atoms. The molecule has 0 bridgehead atoms. The maximum Gasteiger partial charge on any atom is 0.326 e. The van der Waals surface area contributed by atoms with Gasteiger partial charge in [0.2, 0.25) is 5.91 Å². The van der Waals surface area contributed by atoms with Crippen molar-refractivity contribution in [2.75, 3.05) is 26.3 Å². The summed E-state index contributed by atoms with van der Waals surface area (Å²) in [5, 5.41) is 13.8. The van der Waals surface area contributed by atoms with E-state index in [0.29, 0.717) is 26.3 Å². The van der Waals surface area contributed by atoms with Crippen LogP contribution in [0.2, 0.25) is 0 Å². The lowest BCUT2D eigenvalue weighted by Gasteiger charge is -2.29. The molecule has 2 atom stereocenters. The summed E-state index contributed by atoms with van der Waals surface area (Å²) in [6, 6.07) is -2.37. The van der Waals surface area contributed by atoms with Crippen LogP contribution >= 0.6 is 0 Å². The van der Waals surface area contributed by atoms with E-state index in [1.807, 2.05) is 0 Å². The van der Waals surface area contributed by atoms with Gasteiger partial charge in [0.1, 0.15) is 12.1 Å². The number of aliphatic carboxylic acids is 1. The Morgan fingerprint density at radius 1 is 1.10 bits per heavy atom. The predicted molar refractivity (Wildman–Crippen MR) is 74.8 cm³/mol. The van der Waals surface area contributed by atoms with Gasteiger partial charge in [0.25, 0.3) is 0 Å². The van der Waals surface area contributed by atoms with Crippen molar-refractivity contribution >= 4 is 17.9 Å². The van der Waals surface area contributed by atoms with E-state index in [2.05, 4.69) is 10.6 Å². The fraction of sp³-hybridized carbons (Fsp3) is 0.769. The van der Waals surface area contributed by atoms with Gasteiger partial charge in [0, 0.05) is 13.1 Å². The summed E-state index contributed by atoms with van der Waals surface area (Å²) >= 11 is 0. The molecule has 0 aromatic carbocycles. The predicted octanol–water partition coefficient (Wildman–Crippen LogP) is -0.358. The summed E-state index contributed by atoms with van der Waals surface area (Å²) in [6.45, 7) is 6.93. The molecule has 1 fully saturated rings. The second-order valence-corrected chi connectivity index (χ2v) is 5.34. The highest BCUT2D eigenvalue weighted by atomic mass is 16.5. The molecule has 0 aromatic heterocycles. The first-order valence-electron chi connectivity index (χ1n) is 6.99. The molecular formula is C13H23N3O5. The molecule has 0 aromatic rings. The Hall–Kier alpha value is -1.83. The second-order valence-electron chi connectivity index (χ2n) is 5.34. The highest BCUT2D eigenvalue weighted by Crippen LogP contribution is 2.03. The lowest BCUT2D eigenvalue weighted by molar-refractivity contribution is -0.140. The van der Waals surface area contributed by atoms with E-state index >= 15 is 0 Å². The van der Waals surface area contributed by atoms with E-state index in [-0.39, 0.29) is 11.8 Å². The number of carbonyl (C=O) groups is 3. The Bertz CT molecular complexity index is 393. The number of carboxylic acids is 1. The summed E-state index contributed by atoms with van der Waals surface area (Å²) in [7, 11) is 0. The Morgan fingerprint density at radius 2 is 1.67 bits per heavy atom. The zero-order chi connectivity index (χ0) is 16.0. The first-order valence-corrected chi connectivity index (χ1v) is 6.99. The number of nitrogens with zero attached hydrogens (tertiary/aromatic N) is 1. The largest absolute Gasteiger partial charge is 0.480 e. The zero-order valence-electron chi connectivity index (χ0n) is 12.6. The molecule has 3 N–H and O–H groups in total. The minimum absolute atomic E-state index is 0.204. The number of morpholine rings is 1. The van der Waals surface area contributed by atoms with Gasteiger partial charge in [-0.3, -0.25) is 4.79 Å². The van der Waals surface area contributed by atoms with Gasteiger partial charge in [-0.2, -0.15) is 0 Å². The molecule has 1 aliphatic heterocycles. The van der Waals surface area contributed by atoms with Gasteiger partial charge in [0.15, 0.2) is 0 Å². The molecule has 1 rings (SSSR count). The maximum absolute atomic E-state index is 12.1. The van der Waals surface area contributed by atoms with Gasteiger partial charge in [-0.15, -0.1) is 0 Å². The molecule has 1 saturated heterocycles. The number of carbonyl (C=O) groups excluding carboxylic acids is 2. The quantitative estimate of drug-likeness (QED) is 0.643. The summed E-state index contributed by atoms with van der Waals surface area (Å²) < 4.78 is 5.16. The average molecular weight is 301 g/mol. The molecule has 0 aliphatic carbocycles. The van der Waals surface area contributed by atoms with Crippen LogP contribution in [-0.4, -0.2) is 66.3 Å². The summed E-state index contributed by atoms with van der Waals surface area (Å²) in [5.74, 6) is -1.56. The Kier molecular flexibility index (Phi) is 6.41. The van der Waals surface area contributed by atoms with Crippen LogP contribution < -0.4 is 10.6 Å². The number of amides is 3. The highest BCUT2D eigenvalue weighted by Gasteiger charge is 2.27. The van der Waals surface area contributed by atoms with Crippen molar-refractivity contribution in [3.05, 3.63) is 0 Å². The number of ether oxygens (including phenoxy) is 1. The molecule has 8 nitrogen and oxygen atoms in total. The molecule has 0 spiro atoms. The summed E-state index contributed by atoms with van der Waals surface area (Å²) in [5.41, 5.74) is 0. The van der Waals surface area contributed by atoms with E-state index in [9.17, 15) is 14.4 Å². The fourth-order valence-corrected chi connectivity index (χ4v) is 2.01. The van der Waals surface area contributed by atoms with Crippen molar-refractivity contribution in [2.24, 2.45) is 5.92 Å². The number of rotatable bonds is 5. The summed E-state index contributed by atoms with van der Waals surface area (Å²) in [6.07, 6.45) is 0. The number of carboxylic acid groups (broad SMARTS) is 1. The van der Waals surface area contributed by atoms with Gasteiger partial charge in [-0.25, -0.2) is 9.59 Å². The van der Waals surface area contributed by atoms with Gasteiger partial charge >= 0.3 is 12.0 Å². The highest BCUT2D eigenvalue weighted by molar-refractivity contribution is 5.88. The second kappa shape index (κ2) is 7.82.